The van der Waals surface area contributed by atoms with Crippen molar-refractivity contribution in [1.82, 2.24) is 19.9 Å². The molecule has 2 aromatic heterocycles. The third kappa shape index (κ3) is 4.69. The van der Waals surface area contributed by atoms with Crippen LogP contribution in [0.4, 0.5) is 4.39 Å². The summed E-state index contributed by atoms with van der Waals surface area (Å²) in [7, 11) is 3.48. The second-order valence-electron chi connectivity index (χ2n) is 7.27. The van der Waals surface area contributed by atoms with E-state index in [0.717, 1.165) is 11.3 Å². The summed E-state index contributed by atoms with van der Waals surface area (Å²) in [6, 6.07) is 13.4. The lowest BCUT2D eigenvalue weighted by Gasteiger charge is -2.19. The predicted molar refractivity (Wildman–Crippen MR) is 116 cm³/mol. The molecule has 0 saturated heterocycles. The smallest absolute Gasteiger partial charge is 0.221 e. The lowest BCUT2D eigenvalue weighted by Crippen LogP contribution is -2.31. The number of hydrogen-bond acceptors (Lipinski definition) is 5. The Morgan fingerprint density at radius 2 is 1.97 bits per heavy atom. The Bertz CT molecular complexity index is 1200. The van der Waals surface area contributed by atoms with Gasteiger partial charge in [-0.3, -0.25) is 4.79 Å². The molecule has 4 aromatic rings. The van der Waals surface area contributed by atoms with Crippen LogP contribution in [0.5, 0.6) is 5.75 Å². The van der Waals surface area contributed by atoms with Crippen molar-refractivity contribution < 1.29 is 18.3 Å². The normalized spacial score (nSPS) is 11.8. The second-order valence-corrected chi connectivity index (χ2v) is 7.27. The number of carbonyl (C=O) groups is 1. The number of rotatable bonds is 8. The summed E-state index contributed by atoms with van der Waals surface area (Å²) >= 11 is 0. The van der Waals surface area contributed by atoms with Crippen LogP contribution in [0.1, 0.15) is 29.7 Å². The zero-order valence-corrected chi connectivity index (χ0v) is 17.8. The Morgan fingerprint density at radius 1 is 1.19 bits per heavy atom. The van der Waals surface area contributed by atoms with Crippen LogP contribution in [0.25, 0.3) is 11.3 Å². The van der Waals surface area contributed by atoms with Crippen molar-refractivity contribution >= 4 is 5.91 Å². The Kier molecular flexibility index (Phi) is 6.30. The molecule has 0 aliphatic rings. The topological polar surface area (TPSA) is 82.2 Å². The van der Waals surface area contributed by atoms with Crippen molar-refractivity contribution in [1.29, 1.82) is 0 Å². The third-order valence-corrected chi connectivity index (χ3v) is 5.13. The van der Waals surface area contributed by atoms with E-state index < -0.39 is 6.04 Å². The van der Waals surface area contributed by atoms with Crippen molar-refractivity contribution in [3.63, 3.8) is 0 Å². The number of imidazole rings is 1. The third-order valence-electron chi connectivity index (χ3n) is 5.13. The number of oxazole rings is 1. The quantitative estimate of drug-likeness (QED) is 0.452. The van der Waals surface area contributed by atoms with E-state index in [0.29, 0.717) is 23.0 Å². The van der Waals surface area contributed by atoms with E-state index in [9.17, 15) is 9.18 Å². The molecule has 164 valence electrons. The molecule has 2 heterocycles. The van der Waals surface area contributed by atoms with Crippen molar-refractivity contribution in [3.05, 3.63) is 90.2 Å². The van der Waals surface area contributed by atoms with Crippen LogP contribution < -0.4 is 10.1 Å². The number of methoxy groups -OCH3 is 1. The van der Waals surface area contributed by atoms with E-state index in [1.165, 1.54) is 12.3 Å². The molecule has 2 aromatic carbocycles. The number of carbonyl (C=O) groups excluding carboxylic acids is 1. The molecule has 4 rings (SSSR count). The average Bonchev–Trinajstić information content (AvgIpc) is 3.45. The minimum Gasteiger partial charge on any atom is -0.497 e. The van der Waals surface area contributed by atoms with Gasteiger partial charge in [-0.25, -0.2) is 14.4 Å². The largest absolute Gasteiger partial charge is 0.497 e. The molecule has 1 atom stereocenters. The van der Waals surface area contributed by atoms with Crippen LogP contribution in [0.2, 0.25) is 0 Å². The summed E-state index contributed by atoms with van der Waals surface area (Å²) in [6.45, 7) is 0. The molecule has 0 unspecified atom stereocenters. The Labute approximate surface area is 184 Å². The molecule has 0 aliphatic carbocycles. The summed E-state index contributed by atoms with van der Waals surface area (Å²) in [5, 5.41) is 3.04. The number of halogens is 1. The molecule has 0 radical (unpaired) electrons. The van der Waals surface area contributed by atoms with Gasteiger partial charge in [0.2, 0.25) is 5.91 Å². The molecule has 0 bridgehead atoms. The van der Waals surface area contributed by atoms with Crippen LogP contribution >= 0.6 is 0 Å². The SMILES string of the molecule is COc1ccc([C@H](NC(=O)CCc2ncc(-c3ccccc3F)o2)c2nccn2C)cc1. The van der Waals surface area contributed by atoms with Gasteiger partial charge < -0.3 is 19.0 Å². The average molecular weight is 434 g/mol. The first-order valence-electron chi connectivity index (χ1n) is 10.2. The number of aromatic nitrogens is 3. The van der Waals surface area contributed by atoms with Crippen molar-refractivity contribution in [3.8, 4) is 17.1 Å². The van der Waals surface area contributed by atoms with Gasteiger partial charge in [0, 0.05) is 32.3 Å². The van der Waals surface area contributed by atoms with E-state index in [4.69, 9.17) is 9.15 Å². The highest BCUT2D eigenvalue weighted by Gasteiger charge is 2.21. The highest BCUT2D eigenvalue weighted by atomic mass is 19.1. The Morgan fingerprint density at radius 3 is 2.66 bits per heavy atom. The minimum atomic E-state index is -0.424. The van der Waals surface area contributed by atoms with Crippen LogP contribution in [-0.2, 0) is 18.3 Å². The van der Waals surface area contributed by atoms with Crippen molar-refractivity contribution in [2.75, 3.05) is 7.11 Å². The molecule has 32 heavy (non-hydrogen) atoms. The summed E-state index contributed by atoms with van der Waals surface area (Å²) < 4.78 is 26.7. The van der Waals surface area contributed by atoms with Gasteiger partial charge in [-0.05, 0) is 29.8 Å². The van der Waals surface area contributed by atoms with Gasteiger partial charge in [0.25, 0.3) is 0 Å². The molecule has 0 fully saturated rings. The van der Waals surface area contributed by atoms with Gasteiger partial charge in [-0.2, -0.15) is 0 Å². The molecule has 1 N–H and O–H groups in total. The maximum absolute atomic E-state index is 14.0. The number of amides is 1. The number of nitrogens with one attached hydrogen (secondary N) is 1. The van der Waals surface area contributed by atoms with E-state index >= 15 is 0 Å². The molecule has 0 spiro atoms. The summed E-state index contributed by atoms with van der Waals surface area (Å²) in [5.74, 6) is 1.58. The fourth-order valence-corrected chi connectivity index (χ4v) is 3.41. The van der Waals surface area contributed by atoms with E-state index in [-0.39, 0.29) is 24.6 Å². The first-order valence-corrected chi connectivity index (χ1v) is 10.2. The lowest BCUT2D eigenvalue weighted by atomic mass is 10.1. The number of aryl methyl sites for hydroxylation is 2. The predicted octanol–water partition coefficient (Wildman–Crippen LogP) is 4.06. The van der Waals surface area contributed by atoms with Gasteiger partial charge in [-0.1, -0.05) is 24.3 Å². The van der Waals surface area contributed by atoms with E-state index in [1.807, 2.05) is 42.1 Å². The lowest BCUT2D eigenvalue weighted by molar-refractivity contribution is -0.121. The maximum atomic E-state index is 14.0. The van der Waals surface area contributed by atoms with Gasteiger partial charge in [-0.15, -0.1) is 0 Å². The highest BCUT2D eigenvalue weighted by molar-refractivity contribution is 5.77. The molecule has 8 heteroatoms. The van der Waals surface area contributed by atoms with Crippen LogP contribution in [0, 0.1) is 5.82 Å². The second kappa shape index (κ2) is 9.47. The number of hydrogen-bond donors (Lipinski definition) is 1. The fraction of sp³-hybridized carbons (Fsp3) is 0.208. The number of nitrogens with zero attached hydrogens (tertiary/aromatic N) is 3. The van der Waals surface area contributed by atoms with Gasteiger partial charge >= 0.3 is 0 Å². The first kappa shape index (κ1) is 21.3. The zero-order chi connectivity index (χ0) is 22.5. The molecule has 1 amide bonds. The Balaban J connectivity index is 1.45. The molecule has 0 aliphatic heterocycles. The van der Waals surface area contributed by atoms with Crippen molar-refractivity contribution in [2.45, 2.75) is 18.9 Å². The Hall–Kier alpha value is -3.94. The summed E-state index contributed by atoms with van der Waals surface area (Å²) in [5.41, 5.74) is 1.22. The van der Waals surface area contributed by atoms with Gasteiger partial charge in [0.05, 0.1) is 18.9 Å². The van der Waals surface area contributed by atoms with Crippen molar-refractivity contribution in [2.24, 2.45) is 7.05 Å². The highest BCUT2D eigenvalue weighted by Crippen LogP contribution is 2.25. The van der Waals surface area contributed by atoms with Gasteiger partial charge in [0.15, 0.2) is 11.7 Å². The minimum absolute atomic E-state index is 0.161. The van der Waals surface area contributed by atoms with Crippen LogP contribution in [0.3, 0.4) is 0 Å². The monoisotopic (exact) mass is 434 g/mol. The molecular formula is C24H23FN4O3. The van der Waals surface area contributed by atoms with Crippen LogP contribution in [0.15, 0.2) is 71.5 Å². The van der Waals surface area contributed by atoms with Crippen LogP contribution in [-0.4, -0.2) is 27.6 Å². The standard InChI is InChI=1S/C24H23FN4O3/c1-29-14-13-26-24(29)23(16-7-9-17(31-2)10-8-16)28-21(30)11-12-22-27-15-20(32-22)18-5-3-4-6-19(18)25/h3-10,13-15,23H,11-12H2,1-2H3,(H,28,30)/t23-/m0/s1. The zero-order valence-electron chi connectivity index (χ0n) is 17.8. The number of benzene rings is 2. The molecule has 7 nitrogen and oxygen atoms in total. The summed E-state index contributed by atoms with van der Waals surface area (Å²) in [6.07, 6.45) is 5.44. The molecule has 0 saturated carbocycles. The maximum Gasteiger partial charge on any atom is 0.221 e. The van der Waals surface area contributed by atoms with E-state index in [2.05, 4.69) is 15.3 Å². The first-order chi connectivity index (χ1) is 15.5. The molecular weight excluding hydrogens is 411 g/mol. The number of ether oxygens (including phenoxy) is 1. The summed E-state index contributed by atoms with van der Waals surface area (Å²) in [4.78, 5) is 21.3. The fourth-order valence-electron chi connectivity index (χ4n) is 3.41. The van der Waals surface area contributed by atoms with E-state index in [1.54, 1.807) is 31.5 Å². The van der Waals surface area contributed by atoms with Gasteiger partial charge in [0.1, 0.15) is 23.4 Å².